The summed E-state index contributed by atoms with van der Waals surface area (Å²) in [6.45, 7) is 5.87. The van der Waals surface area contributed by atoms with Crippen molar-refractivity contribution in [2.45, 2.75) is 39.5 Å². The number of benzene rings is 1. The van der Waals surface area contributed by atoms with Crippen molar-refractivity contribution in [2.24, 2.45) is 5.41 Å². The standard InChI is InChI=1S/C14H20O2/c1-4-10-14(3,13(15)16)11(2)12-8-6-5-7-9-12/h5-9,11H,4,10H2,1-3H3,(H,15,16). The summed E-state index contributed by atoms with van der Waals surface area (Å²) in [6, 6.07) is 9.87. The van der Waals surface area contributed by atoms with Crippen LogP contribution in [0.25, 0.3) is 0 Å². The molecular weight excluding hydrogens is 200 g/mol. The van der Waals surface area contributed by atoms with Crippen LogP contribution in [0.2, 0.25) is 0 Å². The van der Waals surface area contributed by atoms with E-state index in [4.69, 9.17) is 0 Å². The van der Waals surface area contributed by atoms with Gasteiger partial charge in [-0.15, -0.1) is 0 Å². The number of carboxylic acid groups (broad SMARTS) is 1. The Labute approximate surface area is 97.3 Å². The Balaban J connectivity index is 3.00. The second-order valence-corrected chi connectivity index (χ2v) is 4.60. The van der Waals surface area contributed by atoms with Gasteiger partial charge < -0.3 is 5.11 Å². The SMILES string of the molecule is CCCC(C)(C(=O)O)C(C)c1ccccc1. The molecule has 0 aromatic heterocycles. The summed E-state index contributed by atoms with van der Waals surface area (Å²) in [6.07, 6.45) is 1.60. The first-order valence-electron chi connectivity index (χ1n) is 5.80. The molecule has 88 valence electrons. The summed E-state index contributed by atoms with van der Waals surface area (Å²) >= 11 is 0. The Morgan fingerprint density at radius 1 is 1.38 bits per heavy atom. The highest BCUT2D eigenvalue weighted by molar-refractivity contribution is 5.75. The molecule has 1 N–H and O–H groups in total. The second kappa shape index (κ2) is 5.15. The number of hydrogen-bond donors (Lipinski definition) is 1. The molecule has 0 amide bonds. The van der Waals surface area contributed by atoms with Crippen molar-refractivity contribution in [1.29, 1.82) is 0 Å². The predicted molar refractivity (Wildman–Crippen MR) is 65.5 cm³/mol. The minimum Gasteiger partial charge on any atom is -0.481 e. The van der Waals surface area contributed by atoms with Crippen LogP contribution in [0.5, 0.6) is 0 Å². The summed E-state index contributed by atoms with van der Waals surface area (Å²) in [4.78, 5) is 11.4. The van der Waals surface area contributed by atoms with Gasteiger partial charge in [0.05, 0.1) is 5.41 Å². The first kappa shape index (κ1) is 12.8. The van der Waals surface area contributed by atoms with Crippen molar-refractivity contribution in [3.8, 4) is 0 Å². The van der Waals surface area contributed by atoms with Crippen LogP contribution in [-0.4, -0.2) is 11.1 Å². The highest BCUT2D eigenvalue weighted by Gasteiger charge is 2.38. The fourth-order valence-corrected chi connectivity index (χ4v) is 2.14. The van der Waals surface area contributed by atoms with Crippen molar-refractivity contribution in [2.75, 3.05) is 0 Å². The molecule has 0 fully saturated rings. The Morgan fingerprint density at radius 2 is 1.94 bits per heavy atom. The fourth-order valence-electron chi connectivity index (χ4n) is 2.14. The van der Waals surface area contributed by atoms with E-state index in [0.717, 1.165) is 12.0 Å². The van der Waals surface area contributed by atoms with Crippen LogP contribution in [0.15, 0.2) is 30.3 Å². The lowest BCUT2D eigenvalue weighted by Crippen LogP contribution is -2.33. The smallest absolute Gasteiger partial charge is 0.309 e. The van der Waals surface area contributed by atoms with E-state index in [9.17, 15) is 9.90 Å². The van der Waals surface area contributed by atoms with E-state index in [-0.39, 0.29) is 5.92 Å². The van der Waals surface area contributed by atoms with Crippen LogP contribution in [-0.2, 0) is 4.79 Å². The van der Waals surface area contributed by atoms with Gasteiger partial charge in [-0.2, -0.15) is 0 Å². The van der Waals surface area contributed by atoms with Gasteiger partial charge in [-0.1, -0.05) is 50.6 Å². The highest BCUT2D eigenvalue weighted by atomic mass is 16.4. The Hall–Kier alpha value is -1.31. The molecule has 2 unspecified atom stereocenters. The van der Waals surface area contributed by atoms with Gasteiger partial charge in [0, 0.05) is 0 Å². The molecule has 1 rings (SSSR count). The van der Waals surface area contributed by atoms with E-state index >= 15 is 0 Å². The molecule has 0 radical (unpaired) electrons. The maximum absolute atomic E-state index is 11.4. The van der Waals surface area contributed by atoms with Crippen molar-refractivity contribution in [1.82, 2.24) is 0 Å². The van der Waals surface area contributed by atoms with Crippen LogP contribution in [0.1, 0.15) is 45.1 Å². The van der Waals surface area contributed by atoms with Crippen LogP contribution in [0.3, 0.4) is 0 Å². The molecule has 0 heterocycles. The molecule has 0 spiro atoms. The number of carbonyl (C=O) groups is 1. The predicted octanol–water partition coefficient (Wildman–Crippen LogP) is 3.68. The molecule has 16 heavy (non-hydrogen) atoms. The molecule has 1 aromatic carbocycles. The molecule has 1 aromatic rings. The largest absolute Gasteiger partial charge is 0.481 e. The van der Waals surface area contributed by atoms with Gasteiger partial charge in [0.15, 0.2) is 0 Å². The highest BCUT2D eigenvalue weighted by Crippen LogP contribution is 2.39. The van der Waals surface area contributed by atoms with Gasteiger partial charge >= 0.3 is 5.97 Å². The summed E-state index contributed by atoms with van der Waals surface area (Å²) in [7, 11) is 0. The van der Waals surface area contributed by atoms with Crippen molar-refractivity contribution in [3.05, 3.63) is 35.9 Å². The number of aliphatic carboxylic acids is 1. The third-order valence-electron chi connectivity index (χ3n) is 3.51. The third-order valence-corrected chi connectivity index (χ3v) is 3.51. The van der Waals surface area contributed by atoms with E-state index in [0.29, 0.717) is 6.42 Å². The lowest BCUT2D eigenvalue weighted by atomic mass is 9.71. The van der Waals surface area contributed by atoms with Gasteiger partial charge in [0.2, 0.25) is 0 Å². The molecule has 0 aliphatic rings. The van der Waals surface area contributed by atoms with Crippen molar-refractivity contribution < 1.29 is 9.90 Å². The summed E-state index contributed by atoms with van der Waals surface area (Å²) < 4.78 is 0. The molecular formula is C14H20O2. The molecule has 2 heteroatoms. The Bertz CT molecular complexity index is 345. The second-order valence-electron chi connectivity index (χ2n) is 4.60. The van der Waals surface area contributed by atoms with Gasteiger partial charge in [0.25, 0.3) is 0 Å². The van der Waals surface area contributed by atoms with E-state index in [1.807, 2.05) is 51.1 Å². The first-order valence-corrected chi connectivity index (χ1v) is 5.80. The normalized spacial score (nSPS) is 16.4. The fraction of sp³-hybridized carbons (Fsp3) is 0.500. The quantitative estimate of drug-likeness (QED) is 0.821. The first-order chi connectivity index (χ1) is 7.52. The van der Waals surface area contributed by atoms with E-state index in [1.54, 1.807) is 0 Å². The minimum atomic E-state index is -0.703. The molecule has 0 aliphatic heterocycles. The molecule has 0 saturated heterocycles. The zero-order valence-electron chi connectivity index (χ0n) is 10.2. The van der Waals surface area contributed by atoms with Gasteiger partial charge in [-0.25, -0.2) is 0 Å². The Morgan fingerprint density at radius 3 is 2.38 bits per heavy atom. The lowest BCUT2D eigenvalue weighted by molar-refractivity contribution is -0.149. The van der Waals surface area contributed by atoms with Crippen LogP contribution in [0, 0.1) is 5.41 Å². The number of carboxylic acids is 1. The van der Waals surface area contributed by atoms with E-state index < -0.39 is 11.4 Å². The zero-order valence-corrected chi connectivity index (χ0v) is 10.2. The number of rotatable bonds is 5. The Kier molecular flexibility index (Phi) is 4.11. The van der Waals surface area contributed by atoms with Crippen LogP contribution < -0.4 is 0 Å². The average molecular weight is 220 g/mol. The molecule has 2 nitrogen and oxygen atoms in total. The molecule has 0 saturated carbocycles. The summed E-state index contributed by atoms with van der Waals surface area (Å²) in [5, 5.41) is 9.40. The topological polar surface area (TPSA) is 37.3 Å². The number of hydrogen-bond acceptors (Lipinski definition) is 1. The zero-order chi connectivity index (χ0) is 12.2. The van der Waals surface area contributed by atoms with Gasteiger partial charge in [-0.3, -0.25) is 4.79 Å². The summed E-state index contributed by atoms with van der Waals surface area (Å²) in [5.74, 6) is -0.670. The van der Waals surface area contributed by atoms with Gasteiger partial charge in [0.1, 0.15) is 0 Å². The van der Waals surface area contributed by atoms with E-state index in [2.05, 4.69) is 0 Å². The van der Waals surface area contributed by atoms with Gasteiger partial charge in [-0.05, 0) is 24.8 Å². The molecule has 2 atom stereocenters. The van der Waals surface area contributed by atoms with Crippen molar-refractivity contribution in [3.63, 3.8) is 0 Å². The summed E-state index contributed by atoms with van der Waals surface area (Å²) in [5.41, 5.74) is 0.427. The minimum absolute atomic E-state index is 0.0335. The average Bonchev–Trinajstić information content (AvgIpc) is 2.29. The van der Waals surface area contributed by atoms with Crippen LogP contribution >= 0.6 is 0 Å². The maximum Gasteiger partial charge on any atom is 0.309 e. The molecule has 0 bridgehead atoms. The van der Waals surface area contributed by atoms with E-state index in [1.165, 1.54) is 0 Å². The molecule has 0 aliphatic carbocycles. The van der Waals surface area contributed by atoms with Crippen molar-refractivity contribution >= 4 is 5.97 Å². The lowest BCUT2D eigenvalue weighted by Gasteiger charge is -2.31. The monoisotopic (exact) mass is 220 g/mol. The maximum atomic E-state index is 11.4. The van der Waals surface area contributed by atoms with Crippen LogP contribution in [0.4, 0.5) is 0 Å². The third kappa shape index (κ3) is 2.43.